The van der Waals surface area contributed by atoms with Crippen LogP contribution in [0, 0.1) is 38.6 Å². The molecule has 0 radical (unpaired) electrons. The molecule has 0 aliphatic heterocycles. The first kappa shape index (κ1) is 14.0. The maximum atomic E-state index is 13.4. The van der Waals surface area contributed by atoms with E-state index in [-0.39, 0.29) is 22.6 Å². The number of nitro benzene ring substituents is 1. The van der Waals surface area contributed by atoms with Gasteiger partial charge in [0.2, 0.25) is 0 Å². The molecule has 0 saturated carbocycles. The van der Waals surface area contributed by atoms with Gasteiger partial charge in [0.1, 0.15) is 35.0 Å². The molecule has 2 aromatic carbocycles. The molecular weight excluding hydrogens is 277 g/mol. The monoisotopic (exact) mass is 283 g/mol. The van der Waals surface area contributed by atoms with E-state index < -0.39 is 16.4 Å². The van der Waals surface area contributed by atoms with Crippen LogP contribution >= 0.6 is 0 Å². The molecule has 0 fully saturated rings. The molecule has 0 unspecified atom stereocenters. The van der Waals surface area contributed by atoms with Gasteiger partial charge in [-0.25, -0.2) is 4.39 Å². The molecule has 0 aromatic heterocycles. The topological polar surface area (TPSA) is 99.9 Å². The minimum Gasteiger partial charge on any atom is -0.457 e. The third-order valence-electron chi connectivity index (χ3n) is 2.58. The van der Waals surface area contributed by atoms with E-state index in [4.69, 9.17) is 15.3 Å². The van der Waals surface area contributed by atoms with E-state index in [0.29, 0.717) is 0 Å². The first-order valence-electron chi connectivity index (χ1n) is 5.61. The summed E-state index contributed by atoms with van der Waals surface area (Å²) < 4.78 is 18.7. The fourth-order valence-electron chi connectivity index (χ4n) is 1.61. The number of nitrogens with zero attached hydrogens (tertiary/aromatic N) is 3. The second-order valence-electron chi connectivity index (χ2n) is 3.90. The average Bonchev–Trinajstić information content (AvgIpc) is 2.47. The Morgan fingerprint density at radius 1 is 1.05 bits per heavy atom. The molecule has 2 aromatic rings. The zero-order valence-electron chi connectivity index (χ0n) is 10.4. The van der Waals surface area contributed by atoms with Gasteiger partial charge >= 0.3 is 0 Å². The Balaban J connectivity index is 2.35. The molecule has 102 valence electrons. The molecule has 0 saturated heterocycles. The maximum absolute atomic E-state index is 13.4. The van der Waals surface area contributed by atoms with Crippen LogP contribution in [0.4, 0.5) is 10.1 Å². The lowest BCUT2D eigenvalue weighted by atomic mass is 10.2. The predicted molar refractivity (Wildman–Crippen MR) is 69.0 cm³/mol. The Morgan fingerprint density at radius 2 is 1.62 bits per heavy atom. The van der Waals surface area contributed by atoms with Gasteiger partial charge in [0.05, 0.1) is 16.6 Å². The highest BCUT2D eigenvalue weighted by Crippen LogP contribution is 2.28. The summed E-state index contributed by atoms with van der Waals surface area (Å²) in [4.78, 5) is 10.1. The molecule has 0 aliphatic rings. The van der Waals surface area contributed by atoms with Gasteiger partial charge in [0.15, 0.2) is 0 Å². The van der Waals surface area contributed by atoms with Crippen LogP contribution in [0.3, 0.4) is 0 Å². The van der Waals surface area contributed by atoms with E-state index in [1.54, 1.807) is 12.1 Å². The third kappa shape index (κ3) is 2.94. The highest BCUT2D eigenvalue weighted by Gasteiger charge is 2.15. The summed E-state index contributed by atoms with van der Waals surface area (Å²) in [5.41, 5.74) is -0.629. The molecule has 0 amide bonds. The lowest BCUT2D eigenvalue weighted by Gasteiger charge is -2.06. The summed E-state index contributed by atoms with van der Waals surface area (Å²) in [6, 6.07) is 10.7. The standard InChI is InChI=1S/C14H6FN3O3/c15-13-5-11(3-1-9(13)7-16)21-12-4-2-10(8-17)14(6-12)18(19)20/h1-6H. The van der Waals surface area contributed by atoms with Gasteiger partial charge in [-0.1, -0.05) is 0 Å². The number of hydrogen-bond donors (Lipinski definition) is 0. The molecule has 0 aliphatic carbocycles. The Kier molecular flexibility index (Phi) is 3.78. The zero-order valence-corrected chi connectivity index (χ0v) is 10.4. The number of benzene rings is 2. The van der Waals surface area contributed by atoms with Crippen LogP contribution in [-0.2, 0) is 0 Å². The van der Waals surface area contributed by atoms with E-state index in [9.17, 15) is 14.5 Å². The van der Waals surface area contributed by atoms with Crippen LogP contribution in [0.15, 0.2) is 36.4 Å². The fraction of sp³-hybridized carbons (Fsp3) is 0. The van der Waals surface area contributed by atoms with Gasteiger partial charge in [-0.2, -0.15) is 10.5 Å². The molecule has 21 heavy (non-hydrogen) atoms. The summed E-state index contributed by atoms with van der Waals surface area (Å²) in [5, 5.41) is 28.2. The summed E-state index contributed by atoms with van der Waals surface area (Å²) >= 11 is 0. The van der Waals surface area contributed by atoms with Crippen LogP contribution in [-0.4, -0.2) is 4.92 Å². The van der Waals surface area contributed by atoms with Crippen LogP contribution < -0.4 is 4.74 Å². The Bertz CT molecular complexity index is 806. The van der Waals surface area contributed by atoms with E-state index in [2.05, 4.69) is 0 Å². The normalized spacial score (nSPS) is 9.48. The maximum Gasteiger partial charge on any atom is 0.290 e. The van der Waals surface area contributed by atoms with Crippen LogP contribution in [0.25, 0.3) is 0 Å². The first-order chi connectivity index (χ1) is 10.0. The molecule has 2 rings (SSSR count). The van der Waals surface area contributed by atoms with E-state index >= 15 is 0 Å². The van der Waals surface area contributed by atoms with Crippen molar-refractivity contribution < 1.29 is 14.1 Å². The molecular formula is C14H6FN3O3. The smallest absolute Gasteiger partial charge is 0.290 e. The van der Waals surface area contributed by atoms with E-state index in [1.165, 1.54) is 24.3 Å². The molecule has 6 nitrogen and oxygen atoms in total. The molecule has 0 N–H and O–H groups in total. The highest BCUT2D eigenvalue weighted by atomic mass is 19.1. The quantitative estimate of drug-likeness (QED) is 0.635. The van der Waals surface area contributed by atoms with Gasteiger partial charge in [0, 0.05) is 6.07 Å². The average molecular weight is 283 g/mol. The van der Waals surface area contributed by atoms with Gasteiger partial charge in [-0.05, 0) is 24.3 Å². The van der Waals surface area contributed by atoms with Crippen molar-refractivity contribution in [3.63, 3.8) is 0 Å². The van der Waals surface area contributed by atoms with Gasteiger partial charge < -0.3 is 4.74 Å². The Morgan fingerprint density at radius 3 is 2.14 bits per heavy atom. The van der Waals surface area contributed by atoms with Crippen molar-refractivity contribution in [1.29, 1.82) is 10.5 Å². The van der Waals surface area contributed by atoms with Gasteiger partial charge in [-0.3, -0.25) is 10.1 Å². The van der Waals surface area contributed by atoms with E-state index in [1.807, 2.05) is 0 Å². The summed E-state index contributed by atoms with van der Waals surface area (Å²) in [7, 11) is 0. The van der Waals surface area contributed by atoms with Gasteiger partial charge in [0.25, 0.3) is 5.69 Å². The number of hydrogen-bond acceptors (Lipinski definition) is 5. The van der Waals surface area contributed by atoms with E-state index in [0.717, 1.165) is 12.1 Å². The van der Waals surface area contributed by atoms with Crippen molar-refractivity contribution in [3.05, 3.63) is 63.5 Å². The summed E-state index contributed by atoms with van der Waals surface area (Å²) in [6.45, 7) is 0. The van der Waals surface area contributed by atoms with Crippen molar-refractivity contribution in [1.82, 2.24) is 0 Å². The highest BCUT2D eigenvalue weighted by molar-refractivity contribution is 5.53. The first-order valence-corrected chi connectivity index (χ1v) is 5.61. The van der Waals surface area contributed by atoms with Crippen LogP contribution in [0.1, 0.15) is 11.1 Å². The summed E-state index contributed by atoms with van der Waals surface area (Å²) in [5.74, 6) is -0.576. The molecule has 0 bridgehead atoms. The second-order valence-corrected chi connectivity index (χ2v) is 3.90. The van der Waals surface area contributed by atoms with Crippen molar-refractivity contribution in [2.45, 2.75) is 0 Å². The lowest BCUT2D eigenvalue weighted by molar-refractivity contribution is -0.385. The molecule has 0 heterocycles. The van der Waals surface area contributed by atoms with Crippen molar-refractivity contribution in [2.24, 2.45) is 0 Å². The third-order valence-corrected chi connectivity index (χ3v) is 2.58. The number of rotatable bonds is 3. The van der Waals surface area contributed by atoms with Crippen molar-refractivity contribution >= 4 is 5.69 Å². The second kappa shape index (κ2) is 5.68. The minimum absolute atomic E-state index is 0.0878. The zero-order chi connectivity index (χ0) is 15.4. The van der Waals surface area contributed by atoms with Crippen molar-refractivity contribution in [3.8, 4) is 23.6 Å². The molecule has 7 heteroatoms. The summed E-state index contributed by atoms with van der Waals surface area (Å²) in [6.07, 6.45) is 0. The number of ether oxygens (including phenoxy) is 1. The van der Waals surface area contributed by atoms with Gasteiger partial charge in [-0.15, -0.1) is 0 Å². The largest absolute Gasteiger partial charge is 0.457 e. The SMILES string of the molecule is N#Cc1ccc(Oc2ccc(C#N)c([N+](=O)[O-])c2)cc1F. The molecule has 0 spiro atoms. The Labute approximate surface area is 118 Å². The fourth-order valence-corrected chi connectivity index (χ4v) is 1.61. The predicted octanol–water partition coefficient (Wildman–Crippen LogP) is 3.27. The number of nitro groups is 1. The minimum atomic E-state index is -0.752. The number of halogens is 1. The number of nitriles is 2. The molecule has 0 atom stereocenters. The Hall–Kier alpha value is -3.45. The van der Waals surface area contributed by atoms with Crippen LogP contribution in [0.5, 0.6) is 11.5 Å². The van der Waals surface area contributed by atoms with Crippen molar-refractivity contribution in [2.75, 3.05) is 0 Å². The lowest BCUT2D eigenvalue weighted by Crippen LogP contribution is -1.94. The van der Waals surface area contributed by atoms with Crippen LogP contribution in [0.2, 0.25) is 0 Å².